The molecule has 0 unspecified atom stereocenters. The summed E-state index contributed by atoms with van der Waals surface area (Å²) in [6, 6.07) is 3.34. The fraction of sp³-hybridized carbons (Fsp3) is 0.214. The van der Waals surface area contributed by atoms with Crippen LogP contribution in [0.15, 0.2) is 62.2 Å². The lowest BCUT2D eigenvalue weighted by molar-refractivity contribution is -0.150. The average Bonchev–Trinajstić information content (AvgIpc) is 3.71. The van der Waals surface area contributed by atoms with E-state index < -0.39 is 73.0 Å². The smallest absolute Gasteiger partial charge is 0.352 e. The highest BCUT2D eigenvalue weighted by Gasteiger charge is 2.54. The minimum absolute atomic E-state index is 0.0524. The Hall–Kier alpha value is -5.39. The monoisotopic (exact) mass is 775 g/mol. The molecule has 51 heavy (non-hydrogen) atoms. The number of anilines is 1. The molecule has 1 aromatic carbocycles. The molecule has 2 aliphatic heterocycles. The molecule has 5 heterocycles. The Labute approximate surface area is 299 Å². The van der Waals surface area contributed by atoms with Crippen LogP contribution < -0.4 is 16.8 Å². The predicted molar refractivity (Wildman–Crippen MR) is 183 cm³/mol. The Kier molecular flexibility index (Phi) is 9.54. The number of fused-ring (bicyclic) bond motifs is 2. The van der Waals surface area contributed by atoms with Gasteiger partial charge in [0.15, 0.2) is 28.0 Å². The lowest BCUT2D eigenvalue weighted by Gasteiger charge is -2.49. The van der Waals surface area contributed by atoms with Crippen molar-refractivity contribution in [2.45, 2.75) is 28.3 Å². The standard InChI is InChI=1S/C28H25N9O10S4/c1-11-4-18(37-23(32-11)14(6-31-37)22(29)40)48-7-12-8-49-26-20(25(42)36(26)21(12)27(43)44)34-24(41)19(15-9-50-28(30)33-15)35-47-10-51(45,46)13-2-3-16(38)17(39)5-13/h2-6,9,20,26,38-39H,7-8,10H2,1H3,(H2,29,40)(H2,30,33)(H,34,41)(H,43,44)/t20-,26-/m1/s1. The van der Waals surface area contributed by atoms with E-state index in [0.29, 0.717) is 16.3 Å². The molecule has 266 valence electrons. The molecule has 0 spiro atoms. The summed E-state index contributed by atoms with van der Waals surface area (Å²) in [4.78, 5) is 65.1. The van der Waals surface area contributed by atoms with Crippen molar-refractivity contribution in [3.05, 3.63) is 64.1 Å². The van der Waals surface area contributed by atoms with Gasteiger partial charge in [0.2, 0.25) is 15.8 Å². The maximum Gasteiger partial charge on any atom is 0.352 e. The van der Waals surface area contributed by atoms with Crippen molar-refractivity contribution < 1.29 is 47.8 Å². The molecule has 0 saturated carbocycles. The summed E-state index contributed by atoms with van der Waals surface area (Å²) in [5.74, 6) is -5.71. The number of phenols is 2. The summed E-state index contributed by atoms with van der Waals surface area (Å²) in [5.41, 5.74) is 11.7. The number of aliphatic carboxylic acids is 1. The van der Waals surface area contributed by atoms with Gasteiger partial charge in [0.1, 0.15) is 33.4 Å². The molecule has 0 aliphatic carbocycles. The Morgan fingerprint density at radius 3 is 2.63 bits per heavy atom. The zero-order chi connectivity index (χ0) is 36.8. The largest absolute Gasteiger partial charge is 0.504 e. The summed E-state index contributed by atoms with van der Waals surface area (Å²) in [5, 5.41) is 40.8. The molecular weight excluding hydrogens is 751 g/mol. The van der Waals surface area contributed by atoms with Crippen LogP contribution in [-0.4, -0.2) is 106 Å². The molecule has 0 radical (unpaired) electrons. The number of oxime groups is 1. The van der Waals surface area contributed by atoms with E-state index >= 15 is 0 Å². The SMILES string of the molecule is Cc1cc(SCC2=C(C(=O)O)N3C(=O)[C@@H](NC(=O)C(=NOCS(=O)(=O)c4ccc(O)c(O)c4)c4csc(N)n4)[C@H]3SC2)n2ncc(C(N)=O)c2n1. The molecule has 4 aromatic rings. The second-order valence-electron chi connectivity index (χ2n) is 10.8. The van der Waals surface area contributed by atoms with Crippen LogP contribution in [0.2, 0.25) is 0 Å². The number of nitrogens with zero attached hydrogens (tertiary/aromatic N) is 6. The van der Waals surface area contributed by atoms with E-state index in [2.05, 4.69) is 25.5 Å². The van der Waals surface area contributed by atoms with Gasteiger partial charge in [-0.15, -0.1) is 34.9 Å². The quantitative estimate of drug-likeness (QED) is 0.0281. The van der Waals surface area contributed by atoms with Gasteiger partial charge in [0.05, 0.1) is 11.1 Å². The zero-order valence-electron chi connectivity index (χ0n) is 25.9. The fourth-order valence-electron chi connectivity index (χ4n) is 5.02. The number of hydrogen-bond donors (Lipinski definition) is 6. The lowest BCUT2D eigenvalue weighted by Crippen LogP contribution is -2.71. The van der Waals surface area contributed by atoms with Gasteiger partial charge in [-0.2, -0.15) is 5.10 Å². The highest BCUT2D eigenvalue weighted by Crippen LogP contribution is 2.42. The van der Waals surface area contributed by atoms with Crippen LogP contribution in [-0.2, 0) is 29.1 Å². The number of primary amides is 1. The van der Waals surface area contributed by atoms with Gasteiger partial charge in [0.25, 0.3) is 17.7 Å². The summed E-state index contributed by atoms with van der Waals surface area (Å²) in [7, 11) is -4.22. The van der Waals surface area contributed by atoms with Crippen LogP contribution in [0, 0.1) is 6.92 Å². The highest BCUT2D eigenvalue weighted by atomic mass is 32.2. The number of thioether (sulfide) groups is 2. The number of aryl methyl sites for hydroxylation is 1. The first-order chi connectivity index (χ1) is 24.2. The Bertz CT molecular complexity index is 2300. The maximum absolute atomic E-state index is 13.4. The predicted octanol–water partition coefficient (Wildman–Crippen LogP) is 0.270. The Balaban J connectivity index is 1.18. The van der Waals surface area contributed by atoms with E-state index in [1.165, 1.54) is 39.6 Å². The number of nitrogens with two attached hydrogens (primary N) is 2. The number of carbonyl (C=O) groups excluding carboxylic acids is 3. The van der Waals surface area contributed by atoms with E-state index in [-0.39, 0.29) is 39.2 Å². The fourth-order valence-corrected chi connectivity index (χ4v) is 9.01. The third-order valence-electron chi connectivity index (χ3n) is 7.41. The summed E-state index contributed by atoms with van der Waals surface area (Å²) in [6.45, 7) is 1.72. The van der Waals surface area contributed by atoms with E-state index in [9.17, 15) is 42.9 Å². The van der Waals surface area contributed by atoms with Crippen LogP contribution in [0.4, 0.5) is 5.13 Å². The molecule has 2 atom stereocenters. The van der Waals surface area contributed by atoms with E-state index in [1.807, 2.05) is 0 Å². The van der Waals surface area contributed by atoms with Crippen molar-refractivity contribution >= 4 is 84.9 Å². The van der Waals surface area contributed by atoms with Crippen LogP contribution in [0.25, 0.3) is 5.65 Å². The van der Waals surface area contributed by atoms with Crippen molar-refractivity contribution in [1.82, 2.24) is 29.8 Å². The molecule has 0 bridgehead atoms. The van der Waals surface area contributed by atoms with E-state index in [1.54, 1.807) is 13.0 Å². The number of sulfone groups is 1. The van der Waals surface area contributed by atoms with Gasteiger partial charge in [-0.3, -0.25) is 19.3 Å². The van der Waals surface area contributed by atoms with Gasteiger partial charge < -0.3 is 36.9 Å². The number of β-lactam (4-membered cyclic amide) rings is 1. The van der Waals surface area contributed by atoms with Crippen LogP contribution in [0.3, 0.4) is 0 Å². The third kappa shape index (κ3) is 6.87. The zero-order valence-corrected chi connectivity index (χ0v) is 29.2. The number of thiazole rings is 1. The number of nitrogens with one attached hydrogen (secondary N) is 1. The maximum atomic E-state index is 13.4. The lowest BCUT2D eigenvalue weighted by atomic mass is 10.0. The number of aromatic hydroxyl groups is 2. The van der Waals surface area contributed by atoms with Gasteiger partial charge in [-0.1, -0.05) is 5.16 Å². The number of carboxylic acid groups (broad SMARTS) is 1. The first-order valence-corrected chi connectivity index (χ1v) is 18.9. The first kappa shape index (κ1) is 35.4. The second-order valence-corrected chi connectivity index (χ2v) is 15.8. The van der Waals surface area contributed by atoms with Gasteiger partial charge in [-0.25, -0.2) is 27.7 Å². The van der Waals surface area contributed by atoms with Crippen LogP contribution in [0.1, 0.15) is 21.7 Å². The van der Waals surface area contributed by atoms with Crippen molar-refractivity contribution in [1.29, 1.82) is 0 Å². The highest BCUT2D eigenvalue weighted by molar-refractivity contribution is 8.01. The molecule has 8 N–H and O–H groups in total. The molecule has 1 saturated heterocycles. The number of carboxylic acids is 1. The molecule has 3 amide bonds. The third-order valence-corrected chi connectivity index (χ3v) is 11.9. The van der Waals surface area contributed by atoms with Crippen LogP contribution >= 0.6 is 34.9 Å². The van der Waals surface area contributed by atoms with Crippen molar-refractivity contribution in [2.24, 2.45) is 10.9 Å². The van der Waals surface area contributed by atoms with E-state index in [4.69, 9.17) is 16.3 Å². The minimum atomic E-state index is -4.22. The van der Waals surface area contributed by atoms with E-state index in [0.717, 1.165) is 34.4 Å². The van der Waals surface area contributed by atoms with Crippen LogP contribution in [0.5, 0.6) is 11.5 Å². The van der Waals surface area contributed by atoms with Gasteiger partial charge in [-0.05, 0) is 30.7 Å². The van der Waals surface area contributed by atoms with Crippen molar-refractivity contribution in [3.8, 4) is 11.5 Å². The molecular formula is C28H25N9O10S4. The summed E-state index contributed by atoms with van der Waals surface area (Å²) in [6.07, 6.45) is 1.29. The minimum Gasteiger partial charge on any atom is -0.504 e. The summed E-state index contributed by atoms with van der Waals surface area (Å²) < 4.78 is 26.8. The molecule has 2 aliphatic rings. The molecule has 1 fully saturated rings. The number of carbonyl (C=O) groups is 4. The van der Waals surface area contributed by atoms with Crippen molar-refractivity contribution in [2.75, 3.05) is 23.2 Å². The number of rotatable bonds is 12. The normalized spacial score (nSPS) is 17.6. The molecule has 19 nitrogen and oxygen atoms in total. The number of hydrogen-bond acceptors (Lipinski definition) is 17. The average molecular weight is 776 g/mol. The summed E-state index contributed by atoms with van der Waals surface area (Å²) >= 11 is 3.39. The van der Waals surface area contributed by atoms with Gasteiger partial charge in [0, 0.05) is 28.6 Å². The Morgan fingerprint density at radius 1 is 1.20 bits per heavy atom. The number of nitrogen functional groups attached to an aromatic ring is 1. The Morgan fingerprint density at radius 2 is 1.96 bits per heavy atom. The number of phenolic OH excluding ortho intramolecular Hbond substituents is 2. The molecule has 3 aromatic heterocycles. The second kappa shape index (κ2) is 13.7. The number of aromatic nitrogens is 4. The molecule has 23 heteroatoms. The van der Waals surface area contributed by atoms with Crippen molar-refractivity contribution in [3.63, 3.8) is 0 Å². The first-order valence-electron chi connectivity index (χ1n) is 14.3. The number of benzene rings is 1. The van der Waals surface area contributed by atoms with Gasteiger partial charge >= 0.3 is 5.97 Å². The number of amides is 3. The topological polar surface area (TPSA) is 295 Å². The molecule has 6 rings (SSSR count).